The topological polar surface area (TPSA) is 132 Å². The van der Waals surface area contributed by atoms with E-state index in [1.807, 2.05) is 6.08 Å². The van der Waals surface area contributed by atoms with Crippen LogP contribution in [0.5, 0.6) is 0 Å². The highest BCUT2D eigenvalue weighted by Gasteiger charge is 2.44. The lowest BCUT2D eigenvalue weighted by molar-refractivity contribution is -0.304. The highest BCUT2D eigenvalue weighted by atomic mass is 16.7. The maximum Gasteiger partial charge on any atom is 0.186 e. The molecule has 1 rings (SSSR count). The molecule has 1 heterocycles. The first kappa shape index (κ1) is 20.3. The summed E-state index contributed by atoms with van der Waals surface area (Å²) in [6, 6.07) is 0. The summed E-state index contributed by atoms with van der Waals surface area (Å²) in [5.41, 5.74) is 0. The molecular weight excluding hydrogens is 306 g/mol. The summed E-state index contributed by atoms with van der Waals surface area (Å²) in [5, 5.41) is 50.8. The molecule has 8 nitrogen and oxygen atoms in total. The molecule has 1 saturated heterocycles. The predicted octanol–water partition coefficient (Wildman–Crippen LogP) is -1.54. The molecule has 0 spiro atoms. The average Bonchev–Trinajstić information content (AvgIpc) is 2.55. The van der Waals surface area contributed by atoms with Gasteiger partial charge in [-0.3, -0.25) is 0 Å². The second kappa shape index (κ2) is 10.9. The Balaban J connectivity index is 2.28. The van der Waals surface area contributed by atoms with Crippen molar-refractivity contribution in [2.75, 3.05) is 19.8 Å². The van der Waals surface area contributed by atoms with Gasteiger partial charge in [-0.05, 0) is 12.6 Å². The van der Waals surface area contributed by atoms with Crippen molar-refractivity contribution in [2.24, 2.45) is 0 Å². The third kappa shape index (κ3) is 6.72. The van der Waals surface area contributed by atoms with Gasteiger partial charge in [0.1, 0.15) is 24.4 Å². The van der Waals surface area contributed by atoms with Crippen molar-refractivity contribution in [3.05, 3.63) is 12.3 Å². The van der Waals surface area contributed by atoms with Gasteiger partial charge in [0.05, 0.1) is 19.3 Å². The number of hydrogen-bond donors (Lipinski definition) is 6. The molecule has 6 atom stereocenters. The maximum atomic E-state index is 9.79. The van der Waals surface area contributed by atoms with Crippen LogP contribution in [0.25, 0.3) is 0 Å². The second-order valence-corrected chi connectivity index (χ2v) is 5.64. The molecule has 136 valence electrons. The van der Waals surface area contributed by atoms with E-state index >= 15 is 0 Å². The summed E-state index contributed by atoms with van der Waals surface area (Å²) >= 11 is 0. The Morgan fingerprint density at radius 2 is 1.96 bits per heavy atom. The molecule has 0 aromatic heterocycles. The molecule has 23 heavy (non-hydrogen) atoms. The molecule has 8 heteroatoms. The van der Waals surface area contributed by atoms with Gasteiger partial charge in [0.15, 0.2) is 6.29 Å². The van der Waals surface area contributed by atoms with Crippen LogP contribution in [0, 0.1) is 0 Å². The Bertz CT molecular complexity index is 340. The Kier molecular flexibility index (Phi) is 9.65. The van der Waals surface area contributed by atoms with Gasteiger partial charge < -0.3 is 40.3 Å². The predicted molar refractivity (Wildman–Crippen MR) is 82.4 cm³/mol. The minimum absolute atomic E-state index is 0.126. The first-order valence-electron chi connectivity index (χ1n) is 7.99. The molecule has 0 radical (unpaired) electrons. The number of unbranched alkanes of at least 4 members (excludes halogenated alkanes) is 2. The van der Waals surface area contributed by atoms with E-state index in [9.17, 15) is 20.4 Å². The largest absolute Gasteiger partial charge is 0.394 e. The fraction of sp³-hybridized carbons (Fsp3) is 0.867. The highest BCUT2D eigenvalue weighted by molar-refractivity contribution is 4.89. The minimum atomic E-state index is -1.48. The highest BCUT2D eigenvalue weighted by Crippen LogP contribution is 2.21. The molecule has 0 aliphatic carbocycles. The van der Waals surface area contributed by atoms with Gasteiger partial charge in [0.2, 0.25) is 0 Å². The number of nitrogens with one attached hydrogen (secondary N) is 1. The van der Waals surface area contributed by atoms with Gasteiger partial charge in [-0.15, -0.1) is 0 Å². The van der Waals surface area contributed by atoms with Gasteiger partial charge in [0, 0.05) is 6.54 Å². The first-order chi connectivity index (χ1) is 11.0. The van der Waals surface area contributed by atoms with Crippen LogP contribution in [-0.2, 0) is 9.47 Å². The summed E-state index contributed by atoms with van der Waals surface area (Å²) in [5.74, 6) is 0. The Morgan fingerprint density at radius 3 is 2.61 bits per heavy atom. The van der Waals surface area contributed by atoms with Crippen LogP contribution in [0.15, 0.2) is 12.3 Å². The number of hydrogen-bond acceptors (Lipinski definition) is 8. The summed E-state index contributed by atoms with van der Waals surface area (Å²) in [7, 11) is 0. The van der Waals surface area contributed by atoms with Crippen molar-refractivity contribution < 1.29 is 35.0 Å². The van der Waals surface area contributed by atoms with E-state index in [0.717, 1.165) is 19.3 Å². The van der Waals surface area contributed by atoms with Crippen LogP contribution >= 0.6 is 0 Å². The van der Waals surface area contributed by atoms with E-state index in [4.69, 9.17) is 14.6 Å². The summed E-state index contributed by atoms with van der Waals surface area (Å²) in [6.45, 7) is 1.73. The summed E-state index contributed by atoms with van der Waals surface area (Å²) < 4.78 is 10.4. The SMILES string of the molecule is CCCCC=CNCC(O)CO[C@@H]1O[C@H](CO)[C@H](O)[C@H](O)[C@H]1O. The zero-order valence-electron chi connectivity index (χ0n) is 13.4. The number of rotatable bonds is 10. The molecule has 6 N–H and O–H groups in total. The molecule has 0 bridgehead atoms. The molecule has 1 unspecified atom stereocenters. The van der Waals surface area contributed by atoms with Crippen molar-refractivity contribution in [3.63, 3.8) is 0 Å². The monoisotopic (exact) mass is 335 g/mol. The molecule has 0 amide bonds. The van der Waals surface area contributed by atoms with Crippen molar-refractivity contribution in [1.82, 2.24) is 5.32 Å². The third-order valence-corrected chi connectivity index (χ3v) is 3.61. The number of ether oxygens (including phenoxy) is 2. The van der Waals surface area contributed by atoms with Crippen LogP contribution in [0.1, 0.15) is 26.2 Å². The lowest BCUT2D eigenvalue weighted by Gasteiger charge is -2.39. The zero-order valence-corrected chi connectivity index (χ0v) is 13.4. The third-order valence-electron chi connectivity index (χ3n) is 3.61. The van der Waals surface area contributed by atoms with Gasteiger partial charge in [-0.25, -0.2) is 0 Å². The molecule has 1 fully saturated rings. The standard InChI is InChI=1S/C15H29NO7/c1-2-3-4-5-6-16-7-10(18)9-22-15-14(21)13(20)12(19)11(8-17)23-15/h5-6,10-21H,2-4,7-9H2,1H3/t10?,11-,12+,13+,14-,15-/m1/s1. The Labute approximate surface area is 136 Å². The molecule has 0 aromatic rings. The molecule has 0 saturated carbocycles. The lowest BCUT2D eigenvalue weighted by Crippen LogP contribution is -2.59. The zero-order chi connectivity index (χ0) is 17.2. The van der Waals surface area contributed by atoms with E-state index in [-0.39, 0.29) is 13.2 Å². The van der Waals surface area contributed by atoms with Crippen LogP contribution in [0.2, 0.25) is 0 Å². The average molecular weight is 335 g/mol. The molecular formula is C15H29NO7. The summed E-state index contributed by atoms with van der Waals surface area (Å²) in [6.07, 6.45) is -0.476. The first-order valence-corrected chi connectivity index (χ1v) is 7.99. The van der Waals surface area contributed by atoms with Gasteiger partial charge in [-0.2, -0.15) is 0 Å². The van der Waals surface area contributed by atoms with Crippen LogP contribution < -0.4 is 5.32 Å². The fourth-order valence-corrected chi connectivity index (χ4v) is 2.16. The smallest absolute Gasteiger partial charge is 0.186 e. The quantitative estimate of drug-likeness (QED) is 0.265. The van der Waals surface area contributed by atoms with Crippen molar-refractivity contribution >= 4 is 0 Å². The molecule has 0 aromatic carbocycles. The molecule has 1 aliphatic rings. The summed E-state index contributed by atoms with van der Waals surface area (Å²) in [4.78, 5) is 0. The van der Waals surface area contributed by atoms with Gasteiger partial charge >= 0.3 is 0 Å². The van der Waals surface area contributed by atoms with Crippen molar-refractivity contribution in [3.8, 4) is 0 Å². The lowest BCUT2D eigenvalue weighted by atomic mass is 9.99. The van der Waals surface area contributed by atoms with E-state index in [0.29, 0.717) is 0 Å². The fourth-order valence-electron chi connectivity index (χ4n) is 2.16. The number of aliphatic hydroxyl groups excluding tert-OH is 5. The van der Waals surface area contributed by atoms with Gasteiger partial charge in [0.25, 0.3) is 0 Å². The number of allylic oxidation sites excluding steroid dienone is 1. The van der Waals surface area contributed by atoms with E-state index in [1.54, 1.807) is 6.20 Å². The van der Waals surface area contributed by atoms with Gasteiger partial charge in [-0.1, -0.05) is 25.8 Å². The second-order valence-electron chi connectivity index (χ2n) is 5.64. The van der Waals surface area contributed by atoms with E-state index in [1.165, 1.54) is 0 Å². The van der Waals surface area contributed by atoms with Crippen LogP contribution in [0.3, 0.4) is 0 Å². The van der Waals surface area contributed by atoms with Crippen LogP contribution in [0.4, 0.5) is 0 Å². The normalized spacial score (nSPS) is 33.0. The van der Waals surface area contributed by atoms with Crippen molar-refractivity contribution in [2.45, 2.75) is 63.0 Å². The Hall–Kier alpha value is -0.740. The van der Waals surface area contributed by atoms with E-state index in [2.05, 4.69) is 12.2 Å². The van der Waals surface area contributed by atoms with E-state index < -0.39 is 43.4 Å². The minimum Gasteiger partial charge on any atom is -0.394 e. The molecule has 1 aliphatic heterocycles. The van der Waals surface area contributed by atoms with Crippen LogP contribution in [-0.4, -0.2) is 82.1 Å². The maximum absolute atomic E-state index is 9.79. The Morgan fingerprint density at radius 1 is 1.22 bits per heavy atom. The van der Waals surface area contributed by atoms with Crippen molar-refractivity contribution in [1.29, 1.82) is 0 Å². The number of aliphatic hydroxyl groups is 5.